The van der Waals surface area contributed by atoms with Crippen molar-refractivity contribution in [3.63, 3.8) is 0 Å². The summed E-state index contributed by atoms with van der Waals surface area (Å²) in [5.41, 5.74) is 0. The van der Waals surface area contributed by atoms with Gasteiger partial charge in [0.2, 0.25) is 11.8 Å². The second kappa shape index (κ2) is 4.55. The molecule has 1 aromatic heterocycles. The minimum atomic E-state index is -0.221. The smallest absolute Gasteiger partial charge is 0.246 e. The van der Waals surface area contributed by atoms with E-state index in [9.17, 15) is 9.59 Å². The summed E-state index contributed by atoms with van der Waals surface area (Å²) in [6.45, 7) is 1.42. The van der Waals surface area contributed by atoms with Crippen LogP contribution in [-0.2, 0) is 16.1 Å². The number of fused-ring (bicyclic) bond motifs is 1. The standard InChI is InChI=1S/C12H13ClN2O2S/c13-10-4-3-8(18-10)6-14-7-11(16)15-5-1-2-9(15)12(14)17/h3-4,9H,1-2,5-7H2. The molecule has 4 nitrogen and oxygen atoms in total. The summed E-state index contributed by atoms with van der Waals surface area (Å²) >= 11 is 7.33. The van der Waals surface area contributed by atoms with Crippen LogP contribution in [0.1, 0.15) is 17.7 Å². The number of rotatable bonds is 2. The fraction of sp³-hybridized carbons (Fsp3) is 0.500. The molecule has 0 radical (unpaired) electrons. The third-order valence-corrected chi connectivity index (χ3v) is 4.69. The van der Waals surface area contributed by atoms with Gasteiger partial charge in [-0.25, -0.2) is 0 Å². The molecule has 6 heteroatoms. The van der Waals surface area contributed by atoms with Crippen molar-refractivity contribution in [1.29, 1.82) is 0 Å². The van der Waals surface area contributed by atoms with E-state index >= 15 is 0 Å². The number of hydrogen-bond donors (Lipinski definition) is 0. The van der Waals surface area contributed by atoms with Gasteiger partial charge in [0.1, 0.15) is 12.6 Å². The molecule has 0 bridgehead atoms. The van der Waals surface area contributed by atoms with Gasteiger partial charge in [-0.3, -0.25) is 9.59 Å². The monoisotopic (exact) mass is 284 g/mol. The van der Waals surface area contributed by atoms with Crippen molar-refractivity contribution in [2.75, 3.05) is 13.1 Å². The Morgan fingerprint density at radius 3 is 2.94 bits per heavy atom. The van der Waals surface area contributed by atoms with Gasteiger partial charge >= 0.3 is 0 Å². The van der Waals surface area contributed by atoms with E-state index in [1.54, 1.807) is 9.80 Å². The van der Waals surface area contributed by atoms with Crippen LogP contribution in [0, 0.1) is 0 Å². The van der Waals surface area contributed by atoms with Crippen molar-refractivity contribution >= 4 is 34.8 Å². The Bertz CT molecular complexity index is 502. The summed E-state index contributed by atoms with van der Waals surface area (Å²) in [6.07, 6.45) is 1.73. The maximum absolute atomic E-state index is 12.3. The highest BCUT2D eigenvalue weighted by Gasteiger charge is 2.41. The first kappa shape index (κ1) is 12.0. The van der Waals surface area contributed by atoms with Crippen molar-refractivity contribution in [2.45, 2.75) is 25.4 Å². The minimum Gasteiger partial charge on any atom is -0.329 e. The Balaban J connectivity index is 1.76. The highest BCUT2D eigenvalue weighted by molar-refractivity contribution is 7.16. The summed E-state index contributed by atoms with van der Waals surface area (Å²) in [7, 11) is 0. The Labute approximate surface area is 114 Å². The fourth-order valence-corrected chi connectivity index (χ4v) is 3.73. The molecule has 2 fully saturated rings. The molecule has 0 N–H and O–H groups in total. The lowest BCUT2D eigenvalue weighted by molar-refractivity contribution is -0.154. The first-order chi connectivity index (χ1) is 8.65. The SMILES string of the molecule is O=C1C2CCCN2C(=O)CN1Cc1ccc(Cl)s1. The maximum atomic E-state index is 12.3. The zero-order chi connectivity index (χ0) is 12.7. The highest BCUT2D eigenvalue weighted by atomic mass is 35.5. The summed E-state index contributed by atoms with van der Waals surface area (Å²) in [5, 5.41) is 0. The molecule has 2 aliphatic heterocycles. The third kappa shape index (κ3) is 2.01. The van der Waals surface area contributed by atoms with Crippen molar-refractivity contribution in [2.24, 2.45) is 0 Å². The van der Waals surface area contributed by atoms with Gasteiger partial charge in [0.15, 0.2) is 0 Å². The zero-order valence-electron chi connectivity index (χ0n) is 9.76. The summed E-state index contributed by atoms with van der Waals surface area (Å²) < 4.78 is 0.711. The predicted molar refractivity (Wildman–Crippen MR) is 69.5 cm³/mol. The lowest BCUT2D eigenvalue weighted by Gasteiger charge is -2.36. The molecule has 96 valence electrons. The van der Waals surface area contributed by atoms with Gasteiger partial charge in [-0.05, 0) is 25.0 Å². The first-order valence-corrected chi connectivity index (χ1v) is 7.17. The van der Waals surface area contributed by atoms with Crippen molar-refractivity contribution in [1.82, 2.24) is 9.80 Å². The number of halogens is 1. The van der Waals surface area contributed by atoms with Crippen LogP contribution < -0.4 is 0 Å². The van der Waals surface area contributed by atoms with Gasteiger partial charge in [-0.1, -0.05) is 11.6 Å². The van der Waals surface area contributed by atoms with Crippen LogP contribution in [0.25, 0.3) is 0 Å². The highest BCUT2D eigenvalue weighted by Crippen LogP contribution is 2.27. The Morgan fingerprint density at radius 1 is 1.39 bits per heavy atom. The number of carbonyl (C=O) groups is 2. The summed E-state index contributed by atoms with van der Waals surface area (Å²) in [4.78, 5) is 28.6. The number of amides is 2. The van der Waals surface area contributed by atoms with E-state index in [1.807, 2.05) is 12.1 Å². The Morgan fingerprint density at radius 2 is 2.22 bits per heavy atom. The Kier molecular flexibility index (Phi) is 3.03. The molecular weight excluding hydrogens is 272 g/mol. The Hall–Kier alpha value is -1.07. The molecule has 1 unspecified atom stereocenters. The van der Waals surface area contributed by atoms with Gasteiger partial charge in [0, 0.05) is 11.4 Å². The van der Waals surface area contributed by atoms with E-state index in [2.05, 4.69) is 0 Å². The minimum absolute atomic E-state index is 0.0692. The van der Waals surface area contributed by atoms with E-state index < -0.39 is 0 Å². The van der Waals surface area contributed by atoms with Crippen LogP contribution >= 0.6 is 22.9 Å². The summed E-state index contributed by atoms with van der Waals surface area (Å²) in [6, 6.07) is 3.51. The molecule has 1 atom stereocenters. The van der Waals surface area contributed by atoms with Crippen molar-refractivity contribution in [3.05, 3.63) is 21.3 Å². The molecule has 2 aliphatic rings. The van der Waals surface area contributed by atoms with Gasteiger partial charge in [0.05, 0.1) is 10.9 Å². The van der Waals surface area contributed by atoms with E-state index in [0.717, 1.165) is 24.3 Å². The average molecular weight is 285 g/mol. The predicted octanol–water partition coefficient (Wildman–Crippen LogP) is 1.73. The molecule has 0 spiro atoms. The fourth-order valence-electron chi connectivity index (χ4n) is 2.62. The second-order valence-corrected chi connectivity index (χ2v) is 6.44. The van der Waals surface area contributed by atoms with Crippen molar-refractivity contribution < 1.29 is 9.59 Å². The van der Waals surface area contributed by atoms with Gasteiger partial charge in [0.25, 0.3) is 0 Å². The van der Waals surface area contributed by atoms with Gasteiger partial charge < -0.3 is 9.80 Å². The van der Waals surface area contributed by atoms with Crippen LogP contribution in [0.2, 0.25) is 4.34 Å². The molecule has 2 saturated heterocycles. The quantitative estimate of drug-likeness (QED) is 0.830. The molecular formula is C12H13ClN2O2S. The van der Waals surface area contributed by atoms with Crippen LogP contribution in [0.3, 0.4) is 0 Å². The number of carbonyl (C=O) groups excluding carboxylic acids is 2. The topological polar surface area (TPSA) is 40.6 Å². The van der Waals surface area contributed by atoms with E-state index in [4.69, 9.17) is 11.6 Å². The number of hydrogen-bond acceptors (Lipinski definition) is 3. The van der Waals surface area contributed by atoms with E-state index in [-0.39, 0.29) is 24.4 Å². The van der Waals surface area contributed by atoms with E-state index in [0.29, 0.717) is 10.9 Å². The molecule has 1 aromatic rings. The second-order valence-electron chi connectivity index (χ2n) is 4.65. The first-order valence-electron chi connectivity index (χ1n) is 5.97. The molecule has 18 heavy (non-hydrogen) atoms. The normalized spacial score (nSPS) is 23.7. The van der Waals surface area contributed by atoms with Crippen LogP contribution in [0.4, 0.5) is 0 Å². The maximum Gasteiger partial charge on any atom is 0.246 e. The summed E-state index contributed by atoms with van der Waals surface area (Å²) in [5.74, 6) is 0.149. The third-order valence-electron chi connectivity index (χ3n) is 3.47. The average Bonchev–Trinajstić information content (AvgIpc) is 2.95. The van der Waals surface area contributed by atoms with Crippen LogP contribution in [0.5, 0.6) is 0 Å². The molecule has 0 saturated carbocycles. The van der Waals surface area contributed by atoms with Crippen molar-refractivity contribution in [3.8, 4) is 0 Å². The van der Waals surface area contributed by atoms with Gasteiger partial charge in [-0.2, -0.15) is 0 Å². The molecule has 0 aromatic carbocycles. The molecule has 3 rings (SSSR count). The molecule has 2 amide bonds. The lowest BCUT2D eigenvalue weighted by Crippen LogP contribution is -2.56. The lowest BCUT2D eigenvalue weighted by atomic mass is 10.1. The number of nitrogens with zero attached hydrogens (tertiary/aromatic N) is 2. The van der Waals surface area contributed by atoms with Crippen LogP contribution in [0.15, 0.2) is 12.1 Å². The number of thiophene rings is 1. The molecule has 0 aliphatic carbocycles. The largest absolute Gasteiger partial charge is 0.329 e. The van der Waals surface area contributed by atoms with Gasteiger partial charge in [-0.15, -0.1) is 11.3 Å². The molecule has 3 heterocycles. The van der Waals surface area contributed by atoms with Crippen LogP contribution in [-0.4, -0.2) is 40.7 Å². The zero-order valence-corrected chi connectivity index (χ0v) is 11.3. The van der Waals surface area contributed by atoms with E-state index in [1.165, 1.54) is 11.3 Å². The number of piperazine rings is 1.